The molecular formula is C22H29N3O4S2. The Morgan fingerprint density at radius 1 is 1.10 bits per heavy atom. The average Bonchev–Trinajstić information content (AvgIpc) is 2.76. The van der Waals surface area contributed by atoms with E-state index in [1.165, 1.54) is 25.8 Å². The maximum atomic E-state index is 12.6. The van der Waals surface area contributed by atoms with Crippen LogP contribution < -0.4 is 20.1 Å². The number of sulfonamides is 1. The highest BCUT2D eigenvalue weighted by molar-refractivity contribution is 7.92. The molecule has 0 heterocycles. The molecule has 0 bridgehead atoms. The molecule has 0 saturated carbocycles. The fourth-order valence-corrected chi connectivity index (χ4v) is 4.53. The predicted octanol–water partition coefficient (Wildman–Crippen LogP) is 2.55. The van der Waals surface area contributed by atoms with Gasteiger partial charge in [-0.25, -0.2) is 8.42 Å². The van der Waals surface area contributed by atoms with Gasteiger partial charge in [-0.15, -0.1) is 0 Å². The van der Waals surface area contributed by atoms with Crippen LogP contribution in [-0.2, 0) is 27.7 Å². The van der Waals surface area contributed by atoms with E-state index in [-0.39, 0.29) is 34.1 Å². The van der Waals surface area contributed by atoms with E-state index in [1.54, 1.807) is 12.1 Å². The summed E-state index contributed by atoms with van der Waals surface area (Å²) >= 11 is 4.90. The molecule has 1 amide bonds. The van der Waals surface area contributed by atoms with Crippen LogP contribution in [0, 0.1) is 0 Å². The third-order valence-corrected chi connectivity index (χ3v) is 6.53. The number of aryl methyl sites for hydroxylation is 2. The molecule has 0 aliphatic rings. The molecule has 2 aromatic rings. The van der Waals surface area contributed by atoms with Gasteiger partial charge in [0.1, 0.15) is 10.6 Å². The van der Waals surface area contributed by atoms with Crippen LogP contribution >= 0.6 is 12.2 Å². The second kappa shape index (κ2) is 11.7. The highest BCUT2D eigenvalue weighted by atomic mass is 32.2. The maximum Gasteiger partial charge on any atom is 0.267 e. The zero-order valence-corrected chi connectivity index (χ0v) is 19.6. The molecule has 0 radical (unpaired) electrons. The van der Waals surface area contributed by atoms with Crippen LogP contribution in [0.5, 0.6) is 5.75 Å². The minimum Gasteiger partial charge on any atom is -0.495 e. The summed E-state index contributed by atoms with van der Waals surface area (Å²) in [6, 6.07) is 15.0. The van der Waals surface area contributed by atoms with Crippen molar-refractivity contribution in [2.45, 2.75) is 43.5 Å². The molecule has 0 aliphatic carbocycles. The molecule has 1 unspecified atom stereocenters. The van der Waals surface area contributed by atoms with Gasteiger partial charge in [0.25, 0.3) is 10.0 Å². The molecule has 1 atom stereocenters. The van der Waals surface area contributed by atoms with E-state index in [0.29, 0.717) is 12.0 Å². The van der Waals surface area contributed by atoms with Crippen molar-refractivity contribution in [3.63, 3.8) is 0 Å². The molecule has 2 rings (SSSR count). The van der Waals surface area contributed by atoms with Crippen molar-refractivity contribution in [2.75, 3.05) is 14.2 Å². The third-order valence-electron chi connectivity index (χ3n) is 4.73. The summed E-state index contributed by atoms with van der Waals surface area (Å²) in [7, 11) is -0.984. The van der Waals surface area contributed by atoms with Crippen LogP contribution in [0.4, 0.5) is 0 Å². The first-order chi connectivity index (χ1) is 14.7. The highest BCUT2D eigenvalue weighted by Gasteiger charge is 2.21. The number of hydrogen-bond acceptors (Lipinski definition) is 5. The molecule has 31 heavy (non-hydrogen) atoms. The Balaban J connectivity index is 1.95. The van der Waals surface area contributed by atoms with Gasteiger partial charge in [0.05, 0.1) is 7.11 Å². The van der Waals surface area contributed by atoms with Gasteiger partial charge in [-0.1, -0.05) is 36.4 Å². The SMILES string of the molecule is CNC(=S)NS(=O)(=O)c1cc(CCC(=O)NC(C)CCc2ccccc2)ccc1OC. The Morgan fingerprint density at radius 2 is 1.81 bits per heavy atom. The quantitative estimate of drug-likeness (QED) is 0.469. The molecule has 2 aromatic carbocycles. The first-order valence-corrected chi connectivity index (χ1v) is 11.9. The predicted molar refractivity (Wildman–Crippen MR) is 126 cm³/mol. The van der Waals surface area contributed by atoms with Crippen molar-refractivity contribution >= 4 is 33.3 Å². The number of ether oxygens (including phenoxy) is 1. The molecule has 168 valence electrons. The minimum atomic E-state index is -3.91. The van der Waals surface area contributed by atoms with Crippen LogP contribution in [0.3, 0.4) is 0 Å². The largest absolute Gasteiger partial charge is 0.495 e. The van der Waals surface area contributed by atoms with Crippen LogP contribution in [0.15, 0.2) is 53.4 Å². The summed E-state index contributed by atoms with van der Waals surface area (Å²) in [6.07, 6.45) is 2.39. The monoisotopic (exact) mass is 463 g/mol. The van der Waals surface area contributed by atoms with Gasteiger partial charge in [-0.3, -0.25) is 9.52 Å². The lowest BCUT2D eigenvalue weighted by atomic mass is 10.1. The fraction of sp³-hybridized carbons (Fsp3) is 0.364. The number of carbonyl (C=O) groups excluding carboxylic acids is 1. The Bertz CT molecular complexity index is 995. The maximum absolute atomic E-state index is 12.6. The van der Waals surface area contributed by atoms with Gasteiger partial charge >= 0.3 is 0 Å². The van der Waals surface area contributed by atoms with E-state index < -0.39 is 10.0 Å². The number of thiocarbonyl (C=S) groups is 1. The second-order valence-electron chi connectivity index (χ2n) is 7.16. The lowest BCUT2D eigenvalue weighted by Crippen LogP contribution is -2.37. The molecule has 0 saturated heterocycles. The number of hydrogen-bond donors (Lipinski definition) is 3. The standard InChI is InChI=1S/C22H29N3O4S2/c1-16(9-10-17-7-5-4-6-8-17)24-21(26)14-12-18-11-13-19(29-3)20(15-18)31(27,28)25-22(30)23-2/h4-8,11,13,15-16H,9-10,12,14H2,1-3H3,(H,24,26)(H2,23,25,30). The summed E-state index contributed by atoms with van der Waals surface area (Å²) in [5.74, 6) is 0.129. The van der Waals surface area contributed by atoms with Crippen LogP contribution in [-0.4, -0.2) is 39.6 Å². The Hall–Kier alpha value is -2.65. The van der Waals surface area contributed by atoms with E-state index in [4.69, 9.17) is 17.0 Å². The number of nitrogens with one attached hydrogen (secondary N) is 3. The Kier molecular flexibility index (Phi) is 9.26. The van der Waals surface area contributed by atoms with Crippen molar-refractivity contribution in [3.8, 4) is 5.75 Å². The van der Waals surface area contributed by atoms with Crippen molar-refractivity contribution in [1.29, 1.82) is 0 Å². The zero-order valence-electron chi connectivity index (χ0n) is 18.0. The minimum absolute atomic E-state index is 0.0173. The van der Waals surface area contributed by atoms with Gasteiger partial charge in [0.2, 0.25) is 5.91 Å². The van der Waals surface area contributed by atoms with Crippen LogP contribution in [0.1, 0.15) is 30.9 Å². The first kappa shape index (κ1) is 24.6. The van der Waals surface area contributed by atoms with Gasteiger partial charge in [0.15, 0.2) is 5.11 Å². The average molecular weight is 464 g/mol. The Morgan fingerprint density at radius 3 is 2.45 bits per heavy atom. The van der Waals surface area contributed by atoms with Gasteiger partial charge in [0, 0.05) is 19.5 Å². The summed E-state index contributed by atoms with van der Waals surface area (Å²) in [4.78, 5) is 12.3. The summed E-state index contributed by atoms with van der Waals surface area (Å²) in [6.45, 7) is 1.98. The highest BCUT2D eigenvalue weighted by Crippen LogP contribution is 2.25. The van der Waals surface area contributed by atoms with Crippen molar-refractivity contribution in [3.05, 3.63) is 59.7 Å². The van der Waals surface area contributed by atoms with E-state index >= 15 is 0 Å². The fourth-order valence-electron chi connectivity index (χ4n) is 3.02. The Labute approximate surface area is 189 Å². The van der Waals surface area contributed by atoms with E-state index in [2.05, 4.69) is 27.5 Å². The molecule has 0 aliphatic heterocycles. The number of amides is 1. The number of methoxy groups -OCH3 is 1. The molecule has 9 heteroatoms. The van der Waals surface area contributed by atoms with E-state index in [1.807, 2.05) is 25.1 Å². The van der Waals surface area contributed by atoms with Gasteiger partial charge < -0.3 is 15.4 Å². The molecule has 0 spiro atoms. The van der Waals surface area contributed by atoms with Crippen molar-refractivity contribution in [2.24, 2.45) is 0 Å². The smallest absolute Gasteiger partial charge is 0.267 e. The second-order valence-corrected chi connectivity index (χ2v) is 9.22. The zero-order chi connectivity index (χ0) is 22.9. The summed E-state index contributed by atoms with van der Waals surface area (Å²) in [5, 5.41) is 5.55. The van der Waals surface area contributed by atoms with Gasteiger partial charge in [-0.05, 0) is 61.7 Å². The lowest BCUT2D eigenvalue weighted by Gasteiger charge is -2.15. The molecule has 0 aromatic heterocycles. The molecule has 0 fully saturated rings. The van der Waals surface area contributed by atoms with Crippen molar-refractivity contribution < 1.29 is 17.9 Å². The van der Waals surface area contributed by atoms with Gasteiger partial charge in [-0.2, -0.15) is 0 Å². The molecular weight excluding hydrogens is 434 g/mol. The topological polar surface area (TPSA) is 96.5 Å². The normalized spacial score (nSPS) is 12.0. The molecule has 7 nitrogen and oxygen atoms in total. The third kappa shape index (κ3) is 7.84. The number of carbonyl (C=O) groups is 1. The van der Waals surface area contributed by atoms with E-state index in [9.17, 15) is 13.2 Å². The van der Waals surface area contributed by atoms with Crippen LogP contribution in [0.25, 0.3) is 0 Å². The molecule has 3 N–H and O–H groups in total. The number of rotatable bonds is 10. The van der Waals surface area contributed by atoms with Crippen LogP contribution in [0.2, 0.25) is 0 Å². The van der Waals surface area contributed by atoms with E-state index in [0.717, 1.165) is 12.8 Å². The summed E-state index contributed by atoms with van der Waals surface area (Å²) < 4.78 is 32.7. The first-order valence-electron chi connectivity index (χ1n) is 10.00. The summed E-state index contributed by atoms with van der Waals surface area (Å²) in [5.41, 5.74) is 1.95. The lowest BCUT2D eigenvalue weighted by molar-refractivity contribution is -0.121. The number of benzene rings is 2. The van der Waals surface area contributed by atoms with Crippen molar-refractivity contribution in [1.82, 2.24) is 15.4 Å².